The van der Waals surface area contributed by atoms with E-state index in [0.717, 1.165) is 50.4 Å². The minimum Gasteiger partial charge on any atom is -0.462 e. The van der Waals surface area contributed by atoms with Gasteiger partial charge < -0.3 is 15.0 Å². The molecule has 0 atom stereocenters. The number of pyridine rings is 1. The lowest BCUT2D eigenvalue weighted by Crippen LogP contribution is -2.48. The first-order chi connectivity index (χ1) is 14.2. The zero-order valence-corrected chi connectivity index (χ0v) is 17.4. The Balaban J connectivity index is 1.34. The second-order valence-electron chi connectivity index (χ2n) is 7.39. The molecular formula is C21H26N4O3S. The van der Waals surface area contributed by atoms with Gasteiger partial charge in [-0.2, -0.15) is 0 Å². The van der Waals surface area contributed by atoms with Crippen molar-refractivity contribution in [3.05, 3.63) is 40.9 Å². The fraction of sp³-hybridized carbons (Fsp3) is 0.476. The smallest absolute Gasteiger partial charge is 0.341 e. The van der Waals surface area contributed by atoms with Gasteiger partial charge in [0.1, 0.15) is 10.8 Å². The lowest BCUT2D eigenvalue weighted by atomic mass is 10.1. The molecule has 1 aliphatic carbocycles. The molecule has 1 N–H and O–H groups in total. The lowest BCUT2D eigenvalue weighted by Gasteiger charge is -2.34. The van der Waals surface area contributed by atoms with Crippen molar-refractivity contribution in [1.29, 1.82) is 0 Å². The van der Waals surface area contributed by atoms with Crippen LogP contribution in [0.1, 0.15) is 41.6 Å². The summed E-state index contributed by atoms with van der Waals surface area (Å²) in [5.74, 6) is 0.971. The van der Waals surface area contributed by atoms with Crippen molar-refractivity contribution in [1.82, 2.24) is 9.88 Å². The molecule has 2 aliphatic rings. The van der Waals surface area contributed by atoms with Crippen LogP contribution in [0.2, 0.25) is 0 Å². The largest absolute Gasteiger partial charge is 0.462 e. The maximum absolute atomic E-state index is 12.6. The average Bonchev–Trinajstić information content (AvgIpc) is 3.50. The Labute approximate surface area is 174 Å². The summed E-state index contributed by atoms with van der Waals surface area (Å²) in [5.41, 5.74) is 1.57. The summed E-state index contributed by atoms with van der Waals surface area (Å²) >= 11 is 1.42. The van der Waals surface area contributed by atoms with E-state index in [1.165, 1.54) is 11.3 Å². The van der Waals surface area contributed by atoms with Crippen molar-refractivity contribution < 1.29 is 14.3 Å². The Kier molecular flexibility index (Phi) is 6.10. The van der Waals surface area contributed by atoms with Crippen molar-refractivity contribution >= 4 is 34.0 Å². The predicted octanol–water partition coefficient (Wildman–Crippen LogP) is 2.96. The zero-order valence-electron chi connectivity index (χ0n) is 16.6. The van der Waals surface area contributed by atoms with Crippen LogP contribution in [0.5, 0.6) is 0 Å². The number of piperazine rings is 1. The number of nitrogens with one attached hydrogen (secondary N) is 1. The summed E-state index contributed by atoms with van der Waals surface area (Å²) in [4.78, 5) is 33.8. The molecule has 1 amide bonds. The van der Waals surface area contributed by atoms with Gasteiger partial charge in [-0.15, -0.1) is 11.3 Å². The third-order valence-electron chi connectivity index (χ3n) is 5.28. The Hall–Kier alpha value is -2.45. The van der Waals surface area contributed by atoms with E-state index in [1.54, 1.807) is 13.1 Å². The molecule has 2 aromatic heterocycles. The number of carbonyl (C=O) groups excluding carboxylic acids is 2. The number of esters is 1. The number of hydrogen-bond acceptors (Lipinski definition) is 7. The summed E-state index contributed by atoms with van der Waals surface area (Å²) in [6.45, 7) is 5.71. The van der Waals surface area contributed by atoms with Crippen molar-refractivity contribution in [2.45, 2.75) is 25.7 Å². The summed E-state index contributed by atoms with van der Waals surface area (Å²) < 4.78 is 5.23. The molecule has 0 radical (unpaired) electrons. The van der Waals surface area contributed by atoms with Crippen LogP contribution in [0, 0.1) is 0 Å². The maximum atomic E-state index is 12.6. The lowest BCUT2D eigenvalue weighted by molar-refractivity contribution is -0.117. The number of nitrogens with zero attached hydrogens (tertiary/aromatic N) is 3. The van der Waals surface area contributed by atoms with Gasteiger partial charge in [0.05, 0.1) is 18.7 Å². The second kappa shape index (κ2) is 8.92. The SMILES string of the molecule is CCOC(=O)c1c(C2CC2)csc1NC(=O)CN1CCN(c2ccccn2)CC1. The normalized spacial score (nSPS) is 17.2. The molecule has 2 aromatic rings. The van der Waals surface area contributed by atoms with Crippen molar-refractivity contribution in [2.24, 2.45) is 0 Å². The molecule has 0 spiro atoms. The number of anilines is 2. The summed E-state index contributed by atoms with van der Waals surface area (Å²) in [5, 5.41) is 5.56. The van der Waals surface area contributed by atoms with Gasteiger partial charge in [-0.3, -0.25) is 9.69 Å². The van der Waals surface area contributed by atoms with Crippen LogP contribution in [0.25, 0.3) is 0 Å². The van der Waals surface area contributed by atoms with Crippen LogP contribution in [-0.4, -0.2) is 61.1 Å². The fourth-order valence-electron chi connectivity index (χ4n) is 3.62. The van der Waals surface area contributed by atoms with E-state index in [1.807, 2.05) is 23.6 Å². The predicted molar refractivity (Wildman–Crippen MR) is 114 cm³/mol. The molecule has 29 heavy (non-hydrogen) atoms. The molecule has 4 rings (SSSR count). The summed E-state index contributed by atoms with van der Waals surface area (Å²) in [6, 6.07) is 5.90. The van der Waals surface area contributed by atoms with E-state index in [4.69, 9.17) is 4.74 Å². The van der Waals surface area contributed by atoms with E-state index in [0.29, 0.717) is 29.6 Å². The first-order valence-electron chi connectivity index (χ1n) is 10.1. The van der Waals surface area contributed by atoms with E-state index in [2.05, 4.69) is 20.1 Å². The summed E-state index contributed by atoms with van der Waals surface area (Å²) in [7, 11) is 0. The van der Waals surface area contributed by atoms with Crippen LogP contribution < -0.4 is 10.2 Å². The Bertz CT molecular complexity index is 858. The third kappa shape index (κ3) is 4.76. The van der Waals surface area contributed by atoms with E-state index in [-0.39, 0.29) is 11.9 Å². The van der Waals surface area contributed by atoms with Gasteiger partial charge in [-0.1, -0.05) is 6.07 Å². The van der Waals surface area contributed by atoms with Crippen LogP contribution in [0.3, 0.4) is 0 Å². The van der Waals surface area contributed by atoms with Gasteiger partial charge in [-0.25, -0.2) is 9.78 Å². The van der Waals surface area contributed by atoms with Crippen LogP contribution >= 0.6 is 11.3 Å². The number of thiophene rings is 1. The van der Waals surface area contributed by atoms with Crippen molar-refractivity contribution in [3.8, 4) is 0 Å². The van der Waals surface area contributed by atoms with Crippen molar-refractivity contribution in [2.75, 3.05) is 49.5 Å². The summed E-state index contributed by atoms with van der Waals surface area (Å²) in [6.07, 6.45) is 3.99. The fourth-order valence-corrected chi connectivity index (χ4v) is 4.66. The number of carbonyl (C=O) groups is 2. The Morgan fingerprint density at radius 1 is 1.24 bits per heavy atom. The molecule has 0 aromatic carbocycles. The zero-order chi connectivity index (χ0) is 20.2. The van der Waals surface area contributed by atoms with Gasteiger partial charge in [0.15, 0.2) is 0 Å². The van der Waals surface area contributed by atoms with Crippen LogP contribution in [-0.2, 0) is 9.53 Å². The van der Waals surface area contributed by atoms with E-state index < -0.39 is 0 Å². The minimum atomic E-state index is -0.338. The standard InChI is InChI=1S/C21H26N4O3S/c1-2-28-21(27)19-16(15-6-7-15)14-29-20(19)23-18(26)13-24-9-11-25(12-10-24)17-5-3-4-8-22-17/h3-5,8,14-15H,2,6-7,9-13H2,1H3,(H,23,26). The quantitative estimate of drug-likeness (QED) is 0.702. The molecule has 1 saturated heterocycles. The van der Waals surface area contributed by atoms with Crippen molar-refractivity contribution in [3.63, 3.8) is 0 Å². The molecule has 7 nitrogen and oxygen atoms in total. The minimum absolute atomic E-state index is 0.0916. The number of aromatic nitrogens is 1. The first kappa shape index (κ1) is 19.8. The van der Waals surface area contributed by atoms with Gasteiger partial charge in [0, 0.05) is 32.4 Å². The second-order valence-corrected chi connectivity index (χ2v) is 8.27. The molecule has 154 valence electrons. The van der Waals surface area contributed by atoms with Gasteiger partial charge in [0.2, 0.25) is 5.91 Å². The van der Waals surface area contributed by atoms with E-state index in [9.17, 15) is 9.59 Å². The molecule has 3 heterocycles. The molecule has 2 fully saturated rings. The molecule has 1 saturated carbocycles. The highest BCUT2D eigenvalue weighted by atomic mass is 32.1. The number of ether oxygens (including phenoxy) is 1. The highest BCUT2D eigenvalue weighted by molar-refractivity contribution is 7.15. The number of rotatable bonds is 7. The highest BCUT2D eigenvalue weighted by Crippen LogP contribution is 2.46. The topological polar surface area (TPSA) is 74.8 Å². The first-order valence-corrected chi connectivity index (χ1v) is 11.0. The Morgan fingerprint density at radius 2 is 2.03 bits per heavy atom. The molecule has 8 heteroatoms. The van der Waals surface area contributed by atoms with E-state index >= 15 is 0 Å². The molecule has 1 aliphatic heterocycles. The Morgan fingerprint density at radius 3 is 2.69 bits per heavy atom. The number of hydrogen-bond donors (Lipinski definition) is 1. The van der Waals surface area contributed by atoms with Gasteiger partial charge in [0.25, 0.3) is 0 Å². The van der Waals surface area contributed by atoms with Gasteiger partial charge >= 0.3 is 5.97 Å². The average molecular weight is 415 g/mol. The van der Waals surface area contributed by atoms with Gasteiger partial charge in [-0.05, 0) is 48.8 Å². The number of amides is 1. The van der Waals surface area contributed by atoms with Crippen LogP contribution in [0.15, 0.2) is 29.8 Å². The monoisotopic (exact) mass is 414 g/mol. The highest BCUT2D eigenvalue weighted by Gasteiger charge is 2.32. The van der Waals surface area contributed by atoms with Crippen LogP contribution in [0.4, 0.5) is 10.8 Å². The molecular weight excluding hydrogens is 388 g/mol. The maximum Gasteiger partial charge on any atom is 0.341 e. The molecule has 0 bridgehead atoms. The molecule has 0 unspecified atom stereocenters. The third-order valence-corrected chi connectivity index (χ3v) is 6.20.